The quantitative estimate of drug-likeness (QED) is 0.641. The molecule has 0 saturated carbocycles. The highest BCUT2D eigenvalue weighted by Crippen LogP contribution is 2.21. The van der Waals surface area contributed by atoms with Gasteiger partial charge in [-0.15, -0.1) is 11.3 Å². The number of amides is 1. The molecule has 0 aliphatic heterocycles. The summed E-state index contributed by atoms with van der Waals surface area (Å²) in [4.78, 5) is 17.1. The fourth-order valence-electron chi connectivity index (χ4n) is 2.58. The third-order valence-electron chi connectivity index (χ3n) is 3.89. The Kier molecular flexibility index (Phi) is 5.29. The van der Waals surface area contributed by atoms with Crippen LogP contribution >= 0.6 is 11.3 Å². The van der Waals surface area contributed by atoms with Crippen LogP contribution in [0, 0.1) is 6.92 Å². The molecule has 0 aliphatic carbocycles. The van der Waals surface area contributed by atoms with Crippen molar-refractivity contribution in [2.45, 2.75) is 24.9 Å². The van der Waals surface area contributed by atoms with Gasteiger partial charge in [0.05, 0.1) is 24.2 Å². The van der Waals surface area contributed by atoms with Gasteiger partial charge in [0.2, 0.25) is 0 Å². The lowest BCUT2D eigenvalue weighted by Crippen LogP contribution is -2.29. The summed E-state index contributed by atoms with van der Waals surface area (Å²) < 4.78 is 28.6. The molecule has 1 amide bonds. The number of hydrogen-bond donors (Lipinski definition) is 0. The van der Waals surface area contributed by atoms with Gasteiger partial charge in [0.25, 0.3) is 5.91 Å². The average Bonchev–Trinajstić information content (AvgIpc) is 3.25. The van der Waals surface area contributed by atoms with Crippen LogP contribution in [-0.2, 0) is 22.9 Å². The number of carbonyl (C=O) groups is 1. The molecule has 1 aromatic carbocycles. The highest BCUT2D eigenvalue weighted by atomic mass is 32.2. The number of nitrogens with zero attached hydrogens (tertiary/aromatic N) is 1. The molecule has 0 spiro atoms. The fraction of sp³-hybridized carbons (Fsp3) is 0.211. The standard InChI is InChI=1S/C19H19NO4S2/c1-14-5-8-17(25-14)13-20(12-16-4-3-11-24-16)19(21)15-6-9-18(10-7-15)26(2,22)23/h3-11H,12-13H2,1-2H3. The van der Waals surface area contributed by atoms with Crippen LogP contribution in [0.3, 0.4) is 0 Å². The van der Waals surface area contributed by atoms with E-state index in [-0.39, 0.29) is 10.8 Å². The maximum atomic E-state index is 13.0. The zero-order chi connectivity index (χ0) is 18.7. The second-order valence-electron chi connectivity index (χ2n) is 6.05. The molecule has 0 saturated heterocycles. The minimum Gasteiger partial charge on any atom is -0.467 e. The Hall–Kier alpha value is -2.38. The highest BCUT2D eigenvalue weighted by Gasteiger charge is 2.19. The molecule has 7 heteroatoms. The van der Waals surface area contributed by atoms with Gasteiger partial charge in [0.1, 0.15) is 5.76 Å². The first-order valence-electron chi connectivity index (χ1n) is 8.00. The molecule has 0 bridgehead atoms. The van der Waals surface area contributed by atoms with Crippen LogP contribution in [0.15, 0.2) is 64.1 Å². The molecule has 0 unspecified atom stereocenters. The van der Waals surface area contributed by atoms with E-state index < -0.39 is 9.84 Å². The summed E-state index contributed by atoms with van der Waals surface area (Å²) in [7, 11) is -3.29. The van der Waals surface area contributed by atoms with Crippen molar-refractivity contribution in [2.24, 2.45) is 0 Å². The van der Waals surface area contributed by atoms with Crippen molar-refractivity contribution < 1.29 is 17.6 Å². The molecule has 0 aliphatic rings. The molecule has 3 rings (SSSR count). The van der Waals surface area contributed by atoms with Crippen LogP contribution in [0.25, 0.3) is 0 Å². The van der Waals surface area contributed by atoms with E-state index in [1.54, 1.807) is 40.7 Å². The Morgan fingerprint density at radius 2 is 1.81 bits per heavy atom. The number of thiophene rings is 1. The molecule has 3 aromatic rings. The van der Waals surface area contributed by atoms with E-state index in [0.29, 0.717) is 24.4 Å². The van der Waals surface area contributed by atoms with Crippen LogP contribution in [0.5, 0.6) is 0 Å². The third-order valence-corrected chi connectivity index (χ3v) is 6.00. The van der Waals surface area contributed by atoms with E-state index in [4.69, 9.17) is 4.42 Å². The van der Waals surface area contributed by atoms with Gasteiger partial charge < -0.3 is 9.32 Å². The van der Waals surface area contributed by atoms with Crippen molar-refractivity contribution in [1.29, 1.82) is 0 Å². The molecule has 2 heterocycles. The fourth-order valence-corrected chi connectivity index (χ4v) is 4.11. The Morgan fingerprint density at radius 3 is 2.35 bits per heavy atom. The Bertz CT molecular complexity index is 987. The van der Waals surface area contributed by atoms with E-state index in [2.05, 4.69) is 0 Å². The van der Waals surface area contributed by atoms with Crippen molar-refractivity contribution in [3.63, 3.8) is 0 Å². The number of sulfone groups is 1. The maximum Gasteiger partial charge on any atom is 0.254 e. The lowest BCUT2D eigenvalue weighted by molar-refractivity contribution is 0.0719. The van der Waals surface area contributed by atoms with Gasteiger partial charge in [-0.1, -0.05) is 0 Å². The molecule has 5 nitrogen and oxygen atoms in total. The summed E-state index contributed by atoms with van der Waals surface area (Å²) in [6.07, 6.45) is 2.72. The second kappa shape index (κ2) is 7.47. The largest absolute Gasteiger partial charge is 0.467 e. The van der Waals surface area contributed by atoms with Gasteiger partial charge in [-0.25, -0.2) is 8.42 Å². The zero-order valence-electron chi connectivity index (χ0n) is 14.5. The number of benzene rings is 1. The van der Waals surface area contributed by atoms with Crippen LogP contribution in [0.4, 0.5) is 0 Å². The number of rotatable bonds is 6. The smallest absolute Gasteiger partial charge is 0.254 e. The van der Waals surface area contributed by atoms with Crippen LogP contribution in [-0.4, -0.2) is 25.5 Å². The first-order valence-corrected chi connectivity index (χ1v) is 10.7. The number of carbonyl (C=O) groups excluding carboxylic acids is 1. The van der Waals surface area contributed by atoms with Gasteiger partial charge in [-0.05, 0) is 55.5 Å². The van der Waals surface area contributed by atoms with E-state index in [1.807, 2.05) is 25.1 Å². The first-order chi connectivity index (χ1) is 12.3. The van der Waals surface area contributed by atoms with Gasteiger partial charge in [-0.3, -0.25) is 4.79 Å². The summed E-state index contributed by atoms with van der Waals surface area (Å²) in [6, 6.07) is 13.7. The van der Waals surface area contributed by atoms with E-state index in [0.717, 1.165) is 11.1 Å². The number of hydrogen-bond acceptors (Lipinski definition) is 5. The molecule has 26 heavy (non-hydrogen) atoms. The SMILES string of the molecule is Cc1ccc(CN(Cc2ccco2)C(=O)c2ccc(S(C)(=O)=O)cc2)s1. The van der Waals surface area contributed by atoms with E-state index in [9.17, 15) is 13.2 Å². The molecular formula is C19H19NO4S2. The summed E-state index contributed by atoms with van der Waals surface area (Å²) >= 11 is 1.64. The second-order valence-corrected chi connectivity index (χ2v) is 9.44. The van der Waals surface area contributed by atoms with Gasteiger partial charge >= 0.3 is 0 Å². The normalized spacial score (nSPS) is 11.5. The molecule has 0 atom stereocenters. The molecule has 0 N–H and O–H groups in total. The molecule has 2 aromatic heterocycles. The van der Waals surface area contributed by atoms with Crippen molar-refractivity contribution >= 4 is 27.1 Å². The van der Waals surface area contributed by atoms with Crippen LogP contribution < -0.4 is 0 Å². The van der Waals surface area contributed by atoms with Crippen molar-refractivity contribution in [2.75, 3.05) is 6.26 Å². The van der Waals surface area contributed by atoms with Crippen molar-refractivity contribution in [1.82, 2.24) is 4.90 Å². The van der Waals surface area contributed by atoms with Crippen molar-refractivity contribution in [3.05, 3.63) is 75.9 Å². The summed E-state index contributed by atoms with van der Waals surface area (Å²) in [5.74, 6) is 0.520. The minimum atomic E-state index is -3.29. The predicted octanol–water partition coefficient (Wildman–Crippen LogP) is 3.90. The van der Waals surface area contributed by atoms with Crippen LogP contribution in [0.2, 0.25) is 0 Å². The number of furan rings is 1. The predicted molar refractivity (Wildman–Crippen MR) is 101 cm³/mol. The Labute approximate surface area is 156 Å². The Morgan fingerprint density at radius 1 is 1.08 bits per heavy atom. The molecule has 136 valence electrons. The summed E-state index contributed by atoms with van der Waals surface area (Å²) in [5.41, 5.74) is 0.442. The van der Waals surface area contributed by atoms with Gasteiger partial charge in [0.15, 0.2) is 9.84 Å². The summed E-state index contributed by atoms with van der Waals surface area (Å²) in [5, 5.41) is 0. The van der Waals surface area contributed by atoms with Gasteiger partial charge in [-0.2, -0.15) is 0 Å². The monoisotopic (exact) mass is 389 g/mol. The number of aryl methyl sites for hydroxylation is 1. The molecular weight excluding hydrogens is 370 g/mol. The van der Waals surface area contributed by atoms with E-state index in [1.165, 1.54) is 17.0 Å². The average molecular weight is 389 g/mol. The van der Waals surface area contributed by atoms with Gasteiger partial charge in [0, 0.05) is 21.6 Å². The topological polar surface area (TPSA) is 67.6 Å². The summed E-state index contributed by atoms with van der Waals surface area (Å²) in [6.45, 7) is 2.83. The minimum absolute atomic E-state index is 0.174. The maximum absolute atomic E-state index is 13.0. The lowest BCUT2D eigenvalue weighted by atomic mass is 10.2. The zero-order valence-corrected chi connectivity index (χ0v) is 16.1. The Balaban J connectivity index is 1.86. The van der Waals surface area contributed by atoms with Crippen LogP contribution in [0.1, 0.15) is 25.9 Å². The molecule has 0 fully saturated rings. The van der Waals surface area contributed by atoms with Crippen molar-refractivity contribution in [3.8, 4) is 0 Å². The lowest BCUT2D eigenvalue weighted by Gasteiger charge is -2.21. The highest BCUT2D eigenvalue weighted by molar-refractivity contribution is 7.90. The third kappa shape index (κ3) is 4.42. The molecule has 0 radical (unpaired) electrons. The first kappa shape index (κ1) is 18.4. The van der Waals surface area contributed by atoms with E-state index >= 15 is 0 Å².